The Balaban J connectivity index is 2.53. The highest BCUT2D eigenvalue weighted by Crippen LogP contribution is 2.25. The lowest BCUT2D eigenvalue weighted by molar-refractivity contribution is -0.124. The molecule has 1 unspecified atom stereocenters. The summed E-state index contributed by atoms with van der Waals surface area (Å²) in [5.74, 6) is 0.0251. The molecule has 20 heavy (non-hydrogen) atoms. The number of halogens is 1. The summed E-state index contributed by atoms with van der Waals surface area (Å²) in [6.45, 7) is 3.57. The summed E-state index contributed by atoms with van der Waals surface area (Å²) in [5.41, 5.74) is 0.500. The number of rotatable bonds is 7. The molecular formula is C14H18ClNO4. The number of hydrogen-bond donors (Lipinski definition) is 1. The highest BCUT2D eigenvalue weighted by Gasteiger charge is 2.10. The molecule has 1 N–H and O–H groups in total. The van der Waals surface area contributed by atoms with Crippen LogP contribution in [0.3, 0.4) is 0 Å². The molecule has 0 fully saturated rings. The van der Waals surface area contributed by atoms with Gasteiger partial charge < -0.3 is 14.8 Å². The third-order valence-electron chi connectivity index (χ3n) is 2.52. The lowest BCUT2D eigenvalue weighted by Crippen LogP contribution is -2.38. The normalized spacial score (nSPS) is 11.8. The van der Waals surface area contributed by atoms with Crippen molar-refractivity contribution in [3.8, 4) is 5.75 Å². The van der Waals surface area contributed by atoms with E-state index in [-0.39, 0.29) is 24.3 Å². The van der Waals surface area contributed by atoms with Gasteiger partial charge in [0.25, 0.3) is 5.91 Å². The average molecular weight is 300 g/mol. The molecule has 0 aliphatic carbocycles. The van der Waals surface area contributed by atoms with Crippen LogP contribution >= 0.6 is 11.6 Å². The van der Waals surface area contributed by atoms with Crippen LogP contribution in [0.4, 0.5) is 0 Å². The van der Waals surface area contributed by atoms with Crippen LogP contribution in [-0.2, 0) is 9.53 Å². The Morgan fingerprint density at radius 2 is 2.10 bits per heavy atom. The van der Waals surface area contributed by atoms with Gasteiger partial charge in [-0.3, -0.25) is 9.59 Å². The largest absolute Gasteiger partial charge is 0.482 e. The summed E-state index contributed by atoms with van der Waals surface area (Å²) >= 11 is 5.98. The molecule has 0 bridgehead atoms. The summed E-state index contributed by atoms with van der Waals surface area (Å²) in [6.07, 6.45) is 0. The number of amides is 1. The zero-order valence-electron chi connectivity index (χ0n) is 11.7. The van der Waals surface area contributed by atoms with Gasteiger partial charge in [-0.05, 0) is 32.0 Å². The molecule has 6 heteroatoms. The smallest absolute Gasteiger partial charge is 0.258 e. The van der Waals surface area contributed by atoms with E-state index in [0.717, 1.165) is 0 Å². The second kappa shape index (κ2) is 7.87. The fourth-order valence-corrected chi connectivity index (χ4v) is 1.82. The first-order valence-corrected chi connectivity index (χ1v) is 6.53. The number of carbonyl (C=O) groups excluding carboxylic acids is 2. The van der Waals surface area contributed by atoms with Crippen LogP contribution in [0.15, 0.2) is 18.2 Å². The zero-order valence-corrected chi connectivity index (χ0v) is 12.5. The van der Waals surface area contributed by atoms with Crippen molar-refractivity contribution in [2.45, 2.75) is 19.9 Å². The molecule has 0 saturated heterocycles. The monoisotopic (exact) mass is 299 g/mol. The Morgan fingerprint density at radius 3 is 2.65 bits per heavy atom. The summed E-state index contributed by atoms with van der Waals surface area (Å²) < 4.78 is 10.2. The lowest BCUT2D eigenvalue weighted by atomic mass is 10.1. The second-order valence-electron chi connectivity index (χ2n) is 4.41. The number of benzene rings is 1. The van der Waals surface area contributed by atoms with Crippen LogP contribution in [0.1, 0.15) is 24.2 Å². The Labute approximate surface area is 123 Å². The van der Waals surface area contributed by atoms with Crippen molar-refractivity contribution in [1.29, 1.82) is 0 Å². The van der Waals surface area contributed by atoms with Crippen molar-refractivity contribution < 1.29 is 19.1 Å². The van der Waals surface area contributed by atoms with Crippen LogP contribution in [0, 0.1) is 0 Å². The van der Waals surface area contributed by atoms with Crippen molar-refractivity contribution in [1.82, 2.24) is 5.32 Å². The second-order valence-corrected chi connectivity index (χ2v) is 4.82. The summed E-state index contributed by atoms with van der Waals surface area (Å²) in [6, 6.07) is 4.61. The fraction of sp³-hybridized carbons (Fsp3) is 0.429. The molecule has 1 aromatic rings. The highest BCUT2D eigenvalue weighted by atomic mass is 35.5. The number of hydrogen-bond acceptors (Lipinski definition) is 4. The number of ketones is 1. The average Bonchev–Trinajstić information content (AvgIpc) is 2.37. The number of nitrogens with one attached hydrogen (secondary N) is 1. The standard InChI is InChI=1S/C14H18ClNO4/c1-9(7-19-3)16-14(18)8-20-13-5-4-11(10(2)17)6-12(13)15/h4-6,9H,7-8H2,1-3H3,(H,16,18). The van der Waals surface area contributed by atoms with E-state index >= 15 is 0 Å². The third-order valence-corrected chi connectivity index (χ3v) is 2.82. The zero-order chi connectivity index (χ0) is 15.1. The van der Waals surface area contributed by atoms with Gasteiger partial charge >= 0.3 is 0 Å². The SMILES string of the molecule is COCC(C)NC(=O)COc1ccc(C(C)=O)cc1Cl. The van der Waals surface area contributed by atoms with E-state index in [0.29, 0.717) is 22.9 Å². The van der Waals surface area contributed by atoms with Gasteiger partial charge in [0.15, 0.2) is 12.4 Å². The Hall–Kier alpha value is -1.59. The van der Waals surface area contributed by atoms with Gasteiger partial charge in [-0.15, -0.1) is 0 Å². The molecule has 1 rings (SSSR count). The predicted molar refractivity (Wildman–Crippen MR) is 76.4 cm³/mol. The molecule has 1 aromatic carbocycles. The van der Waals surface area contributed by atoms with E-state index in [9.17, 15) is 9.59 Å². The van der Waals surface area contributed by atoms with E-state index in [4.69, 9.17) is 21.1 Å². The number of carbonyl (C=O) groups is 2. The van der Waals surface area contributed by atoms with E-state index in [1.165, 1.54) is 13.0 Å². The molecule has 1 atom stereocenters. The van der Waals surface area contributed by atoms with Crippen LogP contribution in [-0.4, -0.2) is 38.1 Å². The molecule has 0 spiro atoms. The minimum atomic E-state index is -0.263. The molecule has 0 aliphatic rings. The summed E-state index contributed by atoms with van der Waals surface area (Å²) in [5, 5.41) is 3.02. The Bertz CT molecular complexity index is 490. The van der Waals surface area contributed by atoms with Crippen molar-refractivity contribution in [2.75, 3.05) is 20.3 Å². The molecule has 0 saturated carbocycles. The van der Waals surface area contributed by atoms with Crippen LogP contribution in [0.25, 0.3) is 0 Å². The number of Topliss-reactive ketones (excluding diaryl/α,β-unsaturated/α-hetero) is 1. The minimum absolute atomic E-state index is 0.0791. The van der Waals surface area contributed by atoms with Gasteiger partial charge in [0, 0.05) is 18.7 Å². The van der Waals surface area contributed by atoms with Crippen molar-refractivity contribution >= 4 is 23.3 Å². The third kappa shape index (κ3) is 5.19. The van der Waals surface area contributed by atoms with E-state index < -0.39 is 0 Å². The van der Waals surface area contributed by atoms with Gasteiger partial charge in [-0.2, -0.15) is 0 Å². The first-order valence-electron chi connectivity index (χ1n) is 6.15. The van der Waals surface area contributed by atoms with Gasteiger partial charge in [0.2, 0.25) is 0 Å². The number of ether oxygens (including phenoxy) is 2. The van der Waals surface area contributed by atoms with Crippen LogP contribution in [0.5, 0.6) is 5.75 Å². The van der Waals surface area contributed by atoms with Crippen molar-refractivity contribution in [3.63, 3.8) is 0 Å². The minimum Gasteiger partial charge on any atom is -0.482 e. The summed E-state index contributed by atoms with van der Waals surface area (Å²) in [7, 11) is 1.56. The maximum Gasteiger partial charge on any atom is 0.258 e. The molecule has 0 radical (unpaired) electrons. The summed E-state index contributed by atoms with van der Waals surface area (Å²) in [4.78, 5) is 22.8. The lowest BCUT2D eigenvalue weighted by Gasteiger charge is -2.13. The quantitative estimate of drug-likeness (QED) is 0.783. The predicted octanol–water partition coefficient (Wildman–Crippen LogP) is 2.07. The Kier molecular flexibility index (Phi) is 6.48. The maximum absolute atomic E-state index is 11.6. The maximum atomic E-state index is 11.6. The van der Waals surface area contributed by atoms with Gasteiger partial charge in [0.1, 0.15) is 5.75 Å². The van der Waals surface area contributed by atoms with Gasteiger partial charge in [0.05, 0.1) is 11.6 Å². The molecule has 5 nitrogen and oxygen atoms in total. The van der Waals surface area contributed by atoms with Crippen LogP contribution < -0.4 is 10.1 Å². The van der Waals surface area contributed by atoms with E-state index in [1.807, 2.05) is 6.92 Å². The van der Waals surface area contributed by atoms with Crippen LogP contribution in [0.2, 0.25) is 5.02 Å². The van der Waals surface area contributed by atoms with E-state index in [1.54, 1.807) is 19.2 Å². The highest BCUT2D eigenvalue weighted by molar-refractivity contribution is 6.32. The Morgan fingerprint density at radius 1 is 1.40 bits per heavy atom. The van der Waals surface area contributed by atoms with Gasteiger partial charge in [-0.1, -0.05) is 11.6 Å². The van der Waals surface area contributed by atoms with Crippen molar-refractivity contribution in [3.05, 3.63) is 28.8 Å². The van der Waals surface area contributed by atoms with Crippen molar-refractivity contribution in [2.24, 2.45) is 0 Å². The molecule has 0 aromatic heterocycles. The van der Waals surface area contributed by atoms with E-state index in [2.05, 4.69) is 5.32 Å². The fourth-order valence-electron chi connectivity index (χ4n) is 1.59. The number of methoxy groups -OCH3 is 1. The first kappa shape index (κ1) is 16.5. The molecule has 0 heterocycles. The molecule has 110 valence electrons. The molecule has 1 amide bonds. The molecular weight excluding hydrogens is 282 g/mol. The topological polar surface area (TPSA) is 64.6 Å². The first-order chi connectivity index (χ1) is 9.43. The van der Waals surface area contributed by atoms with Gasteiger partial charge in [-0.25, -0.2) is 0 Å². The molecule has 0 aliphatic heterocycles.